The maximum atomic E-state index is 12.1. The first kappa shape index (κ1) is 14.1. The number of carbonyl (C=O) groups is 1. The van der Waals surface area contributed by atoms with Crippen LogP contribution in [0.3, 0.4) is 0 Å². The Bertz CT molecular complexity index is 444. The van der Waals surface area contributed by atoms with Gasteiger partial charge in [-0.3, -0.25) is 0 Å². The molecule has 0 spiro atoms. The molecule has 0 amide bonds. The first-order chi connectivity index (χ1) is 9.10. The van der Waals surface area contributed by atoms with Crippen molar-refractivity contribution in [3.63, 3.8) is 0 Å². The zero-order valence-electron chi connectivity index (χ0n) is 11.8. The minimum Gasteiger partial charge on any atom is -0.459 e. The molecule has 1 aromatic carbocycles. The Morgan fingerprint density at radius 3 is 2.79 bits per heavy atom. The van der Waals surface area contributed by atoms with Crippen LogP contribution < -0.4 is 5.73 Å². The second-order valence-corrected chi connectivity index (χ2v) is 5.70. The molecule has 3 unspecified atom stereocenters. The fourth-order valence-corrected chi connectivity index (χ4v) is 2.65. The quantitative estimate of drug-likeness (QED) is 0.850. The normalized spacial score (nSPS) is 27.0. The molecule has 2 rings (SSSR count). The fraction of sp³-hybridized carbons (Fsp3) is 0.562. The van der Waals surface area contributed by atoms with Gasteiger partial charge in [0.2, 0.25) is 0 Å². The summed E-state index contributed by atoms with van der Waals surface area (Å²) in [6.07, 6.45) is 3.17. The molecule has 0 heterocycles. The second kappa shape index (κ2) is 6.20. The van der Waals surface area contributed by atoms with Gasteiger partial charge in [0.15, 0.2) is 0 Å². The molecule has 0 radical (unpaired) electrons. The Morgan fingerprint density at radius 1 is 1.32 bits per heavy atom. The largest absolute Gasteiger partial charge is 0.459 e. The number of hydrogen-bond acceptors (Lipinski definition) is 3. The van der Waals surface area contributed by atoms with Crippen LogP contribution in [0.25, 0.3) is 0 Å². The lowest BCUT2D eigenvalue weighted by molar-refractivity contribution is 0.00878. The highest BCUT2D eigenvalue weighted by molar-refractivity contribution is 5.89. The first-order valence-corrected chi connectivity index (χ1v) is 7.10. The summed E-state index contributed by atoms with van der Waals surface area (Å²) in [5.41, 5.74) is 7.15. The summed E-state index contributed by atoms with van der Waals surface area (Å²) < 4.78 is 5.62. The minimum absolute atomic E-state index is 0.0697. The molecule has 0 saturated heterocycles. The molecular formula is C16H23NO2. The third-order valence-corrected chi connectivity index (χ3v) is 4.22. The maximum Gasteiger partial charge on any atom is 0.338 e. The standard InChI is InChI=1S/C16H23NO2/c1-11-6-7-15(8-12(11)2)19-16(18)14-5-3-4-13(9-14)10-17/h3-5,9,11-12,15H,6-8,10,17H2,1-2H3. The van der Waals surface area contributed by atoms with Crippen LogP contribution >= 0.6 is 0 Å². The van der Waals surface area contributed by atoms with Crippen molar-refractivity contribution in [2.45, 2.75) is 45.8 Å². The van der Waals surface area contributed by atoms with Crippen LogP contribution in [0.15, 0.2) is 24.3 Å². The molecule has 2 N–H and O–H groups in total. The molecule has 1 aliphatic rings. The average molecular weight is 261 g/mol. The Hall–Kier alpha value is -1.35. The van der Waals surface area contributed by atoms with Crippen LogP contribution in [0.4, 0.5) is 0 Å². The van der Waals surface area contributed by atoms with E-state index in [4.69, 9.17) is 10.5 Å². The summed E-state index contributed by atoms with van der Waals surface area (Å²) in [6, 6.07) is 7.37. The van der Waals surface area contributed by atoms with Gasteiger partial charge in [0.25, 0.3) is 0 Å². The first-order valence-electron chi connectivity index (χ1n) is 7.10. The summed E-state index contributed by atoms with van der Waals surface area (Å²) in [5, 5.41) is 0. The predicted octanol–water partition coefficient (Wildman–Crippen LogP) is 3.13. The summed E-state index contributed by atoms with van der Waals surface area (Å²) in [5.74, 6) is 1.14. The topological polar surface area (TPSA) is 52.3 Å². The number of benzene rings is 1. The molecule has 3 atom stereocenters. The van der Waals surface area contributed by atoms with E-state index < -0.39 is 0 Å². The second-order valence-electron chi connectivity index (χ2n) is 5.70. The van der Waals surface area contributed by atoms with Crippen molar-refractivity contribution in [1.82, 2.24) is 0 Å². The van der Waals surface area contributed by atoms with Gasteiger partial charge in [-0.05, 0) is 48.8 Å². The molecule has 1 saturated carbocycles. The number of esters is 1. The third kappa shape index (κ3) is 3.57. The lowest BCUT2D eigenvalue weighted by atomic mass is 9.80. The van der Waals surface area contributed by atoms with E-state index in [-0.39, 0.29) is 12.1 Å². The lowest BCUT2D eigenvalue weighted by Gasteiger charge is -2.31. The Balaban J connectivity index is 1.97. The molecule has 104 valence electrons. The molecule has 1 aromatic rings. The summed E-state index contributed by atoms with van der Waals surface area (Å²) >= 11 is 0. The van der Waals surface area contributed by atoms with Crippen molar-refractivity contribution in [3.8, 4) is 0 Å². The minimum atomic E-state index is -0.220. The van der Waals surface area contributed by atoms with E-state index in [2.05, 4.69) is 13.8 Å². The van der Waals surface area contributed by atoms with Gasteiger partial charge >= 0.3 is 5.97 Å². The highest BCUT2D eigenvalue weighted by Gasteiger charge is 2.27. The molecule has 19 heavy (non-hydrogen) atoms. The van der Waals surface area contributed by atoms with Gasteiger partial charge in [-0.25, -0.2) is 4.79 Å². The molecule has 1 aliphatic carbocycles. The van der Waals surface area contributed by atoms with Crippen LogP contribution in [0.1, 0.15) is 49.0 Å². The monoisotopic (exact) mass is 261 g/mol. The van der Waals surface area contributed by atoms with Gasteiger partial charge in [-0.1, -0.05) is 26.0 Å². The number of carbonyl (C=O) groups excluding carboxylic acids is 1. The SMILES string of the molecule is CC1CCC(OC(=O)c2cccc(CN)c2)CC1C. The number of hydrogen-bond donors (Lipinski definition) is 1. The molecule has 0 aliphatic heterocycles. The average Bonchev–Trinajstić information content (AvgIpc) is 2.43. The summed E-state index contributed by atoms with van der Waals surface area (Å²) in [4.78, 5) is 12.1. The van der Waals surface area contributed by atoms with Crippen molar-refractivity contribution in [2.75, 3.05) is 0 Å². The zero-order chi connectivity index (χ0) is 13.8. The van der Waals surface area contributed by atoms with E-state index in [1.54, 1.807) is 6.07 Å². The number of rotatable bonds is 3. The molecule has 1 fully saturated rings. The van der Waals surface area contributed by atoms with Crippen LogP contribution in [0, 0.1) is 11.8 Å². The van der Waals surface area contributed by atoms with Gasteiger partial charge < -0.3 is 10.5 Å². The van der Waals surface area contributed by atoms with E-state index in [1.807, 2.05) is 18.2 Å². The predicted molar refractivity (Wildman–Crippen MR) is 75.7 cm³/mol. The molecule has 0 bridgehead atoms. The van der Waals surface area contributed by atoms with Gasteiger partial charge in [0, 0.05) is 6.54 Å². The number of nitrogens with two attached hydrogens (primary N) is 1. The van der Waals surface area contributed by atoms with Crippen molar-refractivity contribution >= 4 is 5.97 Å². The molecular weight excluding hydrogens is 238 g/mol. The van der Waals surface area contributed by atoms with Crippen LogP contribution in [-0.2, 0) is 11.3 Å². The zero-order valence-corrected chi connectivity index (χ0v) is 11.8. The molecule has 3 heteroatoms. The third-order valence-electron chi connectivity index (χ3n) is 4.22. The maximum absolute atomic E-state index is 12.1. The van der Waals surface area contributed by atoms with E-state index in [9.17, 15) is 4.79 Å². The van der Waals surface area contributed by atoms with Gasteiger partial charge in [-0.15, -0.1) is 0 Å². The van der Waals surface area contributed by atoms with E-state index in [0.717, 1.165) is 30.7 Å². The Kier molecular flexibility index (Phi) is 4.59. The van der Waals surface area contributed by atoms with Crippen molar-refractivity contribution in [3.05, 3.63) is 35.4 Å². The Labute approximate surface area is 115 Å². The van der Waals surface area contributed by atoms with Gasteiger partial charge in [0.1, 0.15) is 6.10 Å². The van der Waals surface area contributed by atoms with Crippen LogP contribution in [0.2, 0.25) is 0 Å². The molecule has 3 nitrogen and oxygen atoms in total. The molecule has 0 aromatic heterocycles. The summed E-state index contributed by atoms with van der Waals surface area (Å²) in [6.45, 7) is 4.95. The van der Waals surface area contributed by atoms with Crippen molar-refractivity contribution in [1.29, 1.82) is 0 Å². The van der Waals surface area contributed by atoms with Crippen LogP contribution in [0.5, 0.6) is 0 Å². The highest BCUT2D eigenvalue weighted by atomic mass is 16.5. The van der Waals surface area contributed by atoms with Crippen molar-refractivity contribution in [2.24, 2.45) is 17.6 Å². The van der Waals surface area contributed by atoms with Crippen molar-refractivity contribution < 1.29 is 9.53 Å². The lowest BCUT2D eigenvalue weighted by Crippen LogP contribution is -2.28. The van der Waals surface area contributed by atoms with Gasteiger partial charge in [0.05, 0.1) is 5.56 Å². The number of ether oxygens (including phenoxy) is 1. The smallest absolute Gasteiger partial charge is 0.338 e. The van der Waals surface area contributed by atoms with E-state index >= 15 is 0 Å². The fourth-order valence-electron chi connectivity index (χ4n) is 2.65. The van der Waals surface area contributed by atoms with Crippen LogP contribution in [-0.4, -0.2) is 12.1 Å². The van der Waals surface area contributed by atoms with E-state index in [1.165, 1.54) is 0 Å². The van der Waals surface area contributed by atoms with Gasteiger partial charge in [-0.2, -0.15) is 0 Å². The summed E-state index contributed by atoms with van der Waals surface area (Å²) in [7, 11) is 0. The Morgan fingerprint density at radius 2 is 2.11 bits per heavy atom. The van der Waals surface area contributed by atoms with E-state index in [0.29, 0.717) is 18.0 Å². The highest BCUT2D eigenvalue weighted by Crippen LogP contribution is 2.31.